The van der Waals surface area contributed by atoms with Crippen molar-refractivity contribution in [2.24, 2.45) is 5.92 Å². The molecule has 2 heterocycles. The van der Waals surface area contributed by atoms with Crippen LogP contribution >= 0.6 is 15.9 Å². The molecule has 0 amide bonds. The summed E-state index contributed by atoms with van der Waals surface area (Å²) in [5.74, 6) is 1.40. The molecule has 0 atom stereocenters. The Morgan fingerprint density at radius 1 is 0.958 bits per heavy atom. The van der Waals surface area contributed by atoms with E-state index in [0.717, 1.165) is 39.1 Å². The van der Waals surface area contributed by atoms with Crippen molar-refractivity contribution in [1.82, 2.24) is 19.5 Å². The molecular formula is C19H17BrN4. The Kier molecular flexibility index (Phi) is 3.81. The molecule has 0 saturated heterocycles. The normalized spacial score (nSPS) is 11.7. The molecule has 0 aliphatic carbocycles. The summed E-state index contributed by atoms with van der Waals surface area (Å²) in [6, 6.07) is 16.1. The second-order valence-corrected chi connectivity index (χ2v) is 7.23. The number of fused-ring (bicyclic) bond motifs is 2. The minimum Gasteiger partial charge on any atom is -0.307 e. The van der Waals surface area contributed by atoms with Gasteiger partial charge in [0.2, 0.25) is 0 Å². The van der Waals surface area contributed by atoms with Crippen LogP contribution in [0, 0.1) is 5.92 Å². The third-order valence-corrected chi connectivity index (χ3v) is 4.38. The molecule has 0 fully saturated rings. The van der Waals surface area contributed by atoms with Crippen molar-refractivity contribution < 1.29 is 0 Å². The summed E-state index contributed by atoms with van der Waals surface area (Å²) in [6.07, 6.45) is 0. The number of halogens is 1. The topological polar surface area (TPSA) is 43.6 Å². The number of imidazole rings is 1. The van der Waals surface area contributed by atoms with E-state index in [2.05, 4.69) is 46.5 Å². The molecule has 120 valence electrons. The average Bonchev–Trinajstić information content (AvgIpc) is 2.90. The van der Waals surface area contributed by atoms with Gasteiger partial charge in [0, 0.05) is 16.6 Å². The summed E-state index contributed by atoms with van der Waals surface area (Å²) in [5, 5.41) is 0. The molecule has 0 N–H and O–H groups in total. The predicted octanol–water partition coefficient (Wildman–Crippen LogP) is 5.07. The molecule has 2 aromatic heterocycles. The van der Waals surface area contributed by atoms with Crippen LogP contribution in [0.4, 0.5) is 0 Å². The number of rotatable bonds is 3. The predicted molar refractivity (Wildman–Crippen MR) is 101 cm³/mol. The fraction of sp³-hybridized carbons (Fsp3) is 0.211. The smallest absolute Gasteiger partial charge is 0.198 e. The van der Waals surface area contributed by atoms with Crippen molar-refractivity contribution >= 4 is 38.3 Å². The van der Waals surface area contributed by atoms with Crippen molar-refractivity contribution in [3.8, 4) is 11.4 Å². The molecule has 0 saturated carbocycles. The fourth-order valence-electron chi connectivity index (χ4n) is 2.88. The van der Waals surface area contributed by atoms with Crippen LogP contribution in [-0.4, -0.2) is 19.5 Å². The van der Waals surface area contributed by atoms with E-state index in [9.17, 15) is 0 Å². The van der Waals surface area contributed by atoms with E-state index in [1.54, 1.807) is 0 Å². The molecule has 4 rings (SSSR count). The van der Waals surface area contributed by atoms with Gasteiger partial charge < -0.3 is 4.57 Å². The van der Waals surface area contributed by atoms with Gasteiger partial charge in [-0.15, -0.1) is 0 Å². The van der Waals surface area contributed by atoms with Crippen LogP contribution in [0.2, 0.25) is 0 Å². The quantitative estimate of drug-likeness (QED) is 0.498. The second-order valence-electron chi connectivity index (χ2n) is 6.31. The Hall–Kier alpha value is -2.27. The van der Waals surface area contributed by atoms with Crippen LogP contribution in [0.1, 0.15) is 13.8 Å². The zero-order valence-corrected chi connectivity index (χ0v) is 15.2. The highest BCUT2D eigenvalue weighted by molar-refractivity contribution is 9.10. The number of hydrogen-bond acceptors (Lipinski definition) is 3. The minimum atomic E-state index is 0.488. The first-order valence-electron chi connectivity index (χ1n) is 8.01. The third-order valence-electron chi connectivity index (χ3n) is 3.89. The molecule has 0 aliphatic rings. The van der Waals surface area contributed by atoms with Gasteiger partial charge in [0.05, 0.1) is 11.0 Å². The van der Waals surface area contributed by atoms with Crippen LogP contribution < -0.4 is 0 Å². The van der Waals surface area contributed by atoms with Crippen molar-refractivity contribution in [3.05, 3.63) is 53.0 Å². The van der Waals surface area contributed by atoms with Crippen LogP contribution in [0.5, 0.6) is 0 Å². The standard InChI is InChI=1S/C19H17BrN4/c1-12(2)11-24-18(13-6-5-7-14(20)10-13)23-17-19(24)22-16-9-4-3-8-15(16)21-17/h3-10,12H,11H2,1-2H3. The van der Waals surface area contributed by atoms with E-state index in [-0.39, 0.29) is 0 Å². The lowest BCUT2D eigenvalue weighted by Crippen LogP contribution is -2.07. The van der Waals surface area contributed by atoms with Crippen molar-refractivity contribution in [1.29, 1.82) is 0 Å². The van der Waals surface area contributed by atoms with E-state index in [1.807, 2.05) is 36.4 Å². The Morgan fingerprint density at radius 3 is 2.42 bits per heavy atom. The molecule has 0 radical (unpaired) electrons. The Bertz CT molecular complexity index is 1040. The van der Waals surface area contributed by atoms with Crippen molar-refractivity contribution in [2.45, 2.75) is 20.4 Å². The number of nitrogens with zero attached hydrogens (tertiary/aromatic N) is 4. The molecular weight excluding hydrogens is 364 g/mol. The van der Waals surface area contributed by atoms with Gasteiger partial charge in [-0.3, -0.25) is 0 Å². The van der Waals surface area contributed by atoms with Gasteiger partial charge in [-0.25, -0.2) is 15.0 Å². The maximum absolute atomic E-state index is 4.83. The monoisotopic (exact) mass is 380 g/mol. The lowest BCUT2D eigenvalue weighted by atomic mass is 10.2. The van der Waals surface area contributed by atoms with Crippen LogP contribution in [-0.2, 0) is 6.54 Å². The molecule has 0 bridgehead atoms. The molecule has 0 aliphatic heterocycles. The van der Waals surface area contributed by atoms with E-state index in [1.165, 1.54) is 0 Å². The molecule has 0 unspecified atom stereocenters. The van der Waals surface area contributed by atoms with Crippen molar-refractivity contribution in [2.75, 3.05) is 0 Å². The molecule has 2 aromatic carbocycles. The average molecular weight is 381 g/mol. The SMILES string of the molecule is CC(C)Cn1c(-c2cccc(Br)c2)nc2nc3ccccc3nc21. The van der Waals surface area contributed by atoms with Gasteiger partial charge in [-0.05, 0) is 30.2 Å². The fourth-order valence-corrected chi connectivity index (χ4v) is 3.28. The number of benzene rings is 2. The Balaban J connectivity index is 2.02. The number of hydrogen-bond donors (Lipinski definition) is 0. The van der Waals surface area contributed by atoms with Gasteiger partial charge in [-0.2, -0.15) is 0 Å². The lowest BCUT2D eigenvalue weighted by Gasteiger charge is -2.11. The van der Waals surface area contributed by atoms with Gasteiger partial charge in [0.15, 0.2) is 11.3 Å². The van der Waals surface area contributed by atoms with Gasteiger partial charge in [0.25, 0.3) is 0 Å². The summed E-state index contributed by atoms with van der Waals surface area (Å²) in [4.78, 5) is 14.3. The summed E-state index contributed by atoms with van der Waals surface area (Å²) >= 11 is 3.55. The summed E-state index contributed by atoms with van der Waals surface area (Å²) in [6.45, 7) is 5.25. The van der Waals surface area contributed by atoms with Crippen LogP contribution in [0.25, 0.3) is 33.7 Å². The number of aromatic nitrogens is 4. The molecule has 0 spiro atoms. The first-order valence-corrected chi connectivity index (χ1v) is 8.80. The highest BCUT2D eigenvalue weighted by atomic mass is 79.9. The zero-order chi connectivity index (χ0) is 16.7. The molecule has 4 nitrogen and oxygen atoms in total. The van der Waals surface area contributed by atoms with Gasteiger partial charge >= 0.3 is 0 Å². The van der Waals surface area contributed by atoms with Crippen LogP contribution in [0.15, 0.2) is 53.0 Å². The molecule has 4 aromatic rings. The first-order chi connectivity index (χ1) is 11.6. The maximum Gasteiger partial charge on any atom is 0.198 e. The highest BCUT2D eigenvalue weighted by Crippen LogP contribution is 2.27. The largest absolute Gasteiger partial charge is 0.307 e. The second kappa shape index (κ2) is 5.98. The lowest BCUT2D eigenvalue weighted by molar-refractivity contribution is 0.534. The maximum atomic E-state index is 4.83. The van der Waals surface area contributed by atoms with Gasteiger partial charge in [-0.1, -0.05) is 54.0 Å². The summed E-state index contributed by atoms with van der Waals surface area (Å²) in [7, 11) is 0. The van der Waals surface area contributed by atoms with Crippen molar-refractivity contribution in [3.63, 3.8) is 0 Å². The van der Waals surface area contributed by atoms with Crippen LogP contribution in [0.3, 0.4) is 0 Å². The Morgan fingerprint density at radius 2 is 1.71 bits per heavy atom. The molecule has 5 heteroatoms. The third kappa shape index (κ3) is 2.69. The molecule has 24 heavy (non-hydrogen) atoms. The highest BCUT2D eigenvalue weighted by Gasteiger charge is 2.16. The zero-order valence-electron chi connectivity index (χ0n) is 13.6. The van der Waals surface area contributed by atoms with E-state index >= 15 is 0 Å². The Labute approximate surface area is 148 Å². The van der Waals surface area contributed by atoms with Gasteiger partial charge in [0.1, 0.15) is 5.82 Å². The first kappa shape index (κ1) is 15.3. The summed E-state index contributed by atoms with van der Waals surface area (Å²) in [5.41, 5.74) is 4.38. The van der Waals surface area contributed by atoms with E-state index in [4.69, 9.17) is 15.0 Å². The van der Waals surface area contributed by atoms with E-state index in [0.29, 0.717) is 11.6 Å². The number of para-hydroxylation sites is 2. The minimum absolute atomic E-state index is 0.488. The van der Waals surface area contributed by atoms with E-state index < -0.39 is 0 Å². The summed E-state index contributed by atoms with van der Waals surface area (Å²) < 4.78 is 3.22.